The van der Waals surface area contributed by atoms with Gasteiger partial charge in [0.15, 0.2) is 0 Å². The Kier molecular flexibility index (Phi) is 4.11. The molecule has 0 unspecified atom stereocenters. The van der Waals surface area contributed by atoms with Gasteiger partial charge in [0.05, 0.1) is 4.08 Å². The number of hydrogen-bond acceptors (Lipinski definition) is 3. The highest BCUT2D eigenvalue weighted by atomic mass is 32.2. The van der Waals surface area contributed by atoms with E-state index in [2.05, 4.69) is 13.8 Å². The first kappa shape index (κ1) is 13.3. The lowest BCUT2D eigenvalue weighted by Crippen LogP contribution is -2.46. The van der Waals surface area contributed by atoms with Crippen molar-refractivity contribution in [1.82, 2.24) is 0 Å². The van der Waals surface area contributed by atoms with E-state index in [4.69, 9.17) is 0 Å². The van der Waals surface area contributed by atoms with Crippen LogP contribution in [0.1, 0.15) is 32.3 Å². The van der Waals surface area contributed by atoms with Crippen LogP contribution in [0, 0.1) is 0 Å². The van der Waals surface area contributed by atoms with Gasteiger partial charge in [-0.05, 0) is 36.8 Å². The zero-order valence-electron chi connectivity index (χ0n) is 10.5. The van der Waals surface area contributed by atoms with Gasteiger partial charge in [-0.3, -0.25) is 0 Å². The molecule has 0 saturated carbocycles. The molecule has 1 saturated heterocycles. The van der Waals surface area contributed by atoms with Crippen molar-refractivity contribution in [3.8, 4) is 0 Å². The fourth-order valence-electron chi connectivity index (χ4n) is 2.37. The Morgan fingerprint density at radius 3 is 2.35 bits per heavy atom. The van der Waals surface area contributed by atoms with E-state index in [1.54, 1.807) is 0 Å². The minimum absolute atomic E-state index is 0.124. The van der Waals surface area contributed by atoms with Gasteiger partial charge in [0.2, 0.25) is 0 Å². The van der Waals surface area contributed by atoms with Crippen molar-refractivity contribution in [2.45, 2.75) is 36.4 Å². The van der Waals surface area contributed by atoms with Crippen LogP contribution in [0.2, 0.25) is 0 Å². The van der Waals surface area contributed by atoms with Crippen LogP contribution >= 0.6 is 23.5 Å². The van der Waals surface area contributed by atoms with Crippen LogP contribution in [0.4, 0.5) is 0 Å². The molecule has 17 heavy (non-hydrogen) atoms. The third-order valence-corrected chi connectivity index (χ3v) is 7.03. The first-order valence-electron chi connectivity index (χ1n) is 6.18. The number of rotatable bonds is 3. The molecule has 94 valence electrons. The summed E-state index contributed by atoms with van der Waals surface area (Å²) in [6.07, 6.45) is 2.01. The zero-order chi connectivity index (χ0) is 12.4. The normalized spacial score (nSPS) is 23.0. The van der Waals surface area contributed by atoms with Crippen LogP contribution < -0.4 is 0 Å². The average molecular weight is 268 g/mol. The summed E-state index contributed by atoms with van der Waals surface area (Å²) in [6, 6.07) is 10.1. The summed E-state index contributed by atoms with van der Waals surface area (Å²) in [4.78, 5) is 0. The monoisotopic (exact) mass is 268 g/mol. The van der Waals surface area contributed by atoms with Gasteiger partial charge in [0.1, 0.15) is 5.60 Å². The van der Waals surface area contributed by atoms with Crippen molar-refractivity contribution < 1.29 is 5.11 Å². The standard InChI is InChI=1S/C14H20OS2/c1-3-14(15,12-8-5-4-6-9-12)13(2)16-10-7-11-17-13/h4-6,8-9,15H,3,7,10-11H2,1-2H3/t14-/m0/s1. The molecular weight excluding hydrogens is 248 g/mol. The molecule has 0 aromatic heterocycles. The van der Waals surface area contributed by atoms with Crippen molar-refractivity contribution >= 4 is 23.5 Å². The second-order valence-electron chi connectivity index (χ2n) is 4.58. The molecule has 3 heteroatoms. The average Bonchev–Trinajstić information content (AvgIpc) is 2.39. The molecule has 0 spiro atoms. The highest BCUT2D eigenvalue weighted by Crippen LogP contribution is 2.54. The topological polar surface area (TPSA) is 20.2 Å². The Labute approximate surface area is 112 Å². The van der Waals surface area contributed by atoms with Gasteiger partial charge in [0, 0.05) is 0 Å². The Bertz CT molecular complexity index is 360. The molecule has 0 radical (unpaired) electrons. The van der Waals surface area contributed by atoms with Crippen molar-refractivity contribution in [2.24, 2.45) is 0 Å². The molecule has 1 aromatic carbocycles. The minimum Gasteiger partial charge on any atom is -0.383 e. The Morgan fingerprint density at radius 2 is 1.82 bits per heavy atom. The molecule has 1 aliphatic heterocycles. The van der Waals surface area contributed by atoms with E-state index in [0.29, 0.717) is 0 Å². The third kappa shape index (κ3) is 2.38. The van der Waals surface area contributed by atoms with E-state index in [-0.39, 0.29) is 4.08 Å². The number of benzene rings is 1. The highest BCUT2D eigenvalue weighted by Gasteiger charge is 2.48. The maximum atomic E-state index is 11.1. The van der Waals surface area contributed by atoms with E-state index in [0.717, 1.165) is 23.5 Å². The molecular formula is C14H20OS2. The molecule has 2 rings (SSSR count). The number of hydrogen-bond donors (Lipinski definition) is 1. The molecule has 0 aliphatic carbocycles. The quantitative estimate of drug-likeness (QED) is 0.898. The molecule has 0 amide bonds. The summed E-state index contributed by atoms with van der Waals surface area (Å²) in [5, 5.41) is 11.1. The number of thioether (sulfide) groups is 2. The van der Waals surface area contributed by atoms with E-state index >= 15 is 0 Å². The number of aliphatic hydroxyl groups is 1. The smallest absolute Gasteiger partial charge is 0.113 e. The van der Waals surface area contributed by atoms with Crippen molar-refractivity contribution in [1.29, 1.82) is 0 Å². The van der Waals surface area contributed by atoms with Crippen molar-refractivity contribution in [3.63, 3.8) is 0 Å². The SMILES string of the molecule is CC[C@](O)(c1ccccc1)C1(C)SCCCS1. The van der Waals surface area contributed by atoms with Gasteiger partial charge >= 0.3 is 0 Å². The van der Waals surface area contributed by atoms with Crippen LogP contribution in [0.3, 0.4) is 0 Å². The van der Waals surface area contributed by atoms with E-state index in [1.807, 2.05) is 53.9 Å². The summed E-state index contributed by atoms with van der Waals surface area (Å²) in [5.74, 6) is 2.30. The molecule has 1 aliphatic rings. The highest BCUT2D eigenvalue weighted by molar-refractivity contribution is 8.18. The first-order valence-corrected chi connectivity index (χ1v) is 8.15. The van der Waals surface area contributed by atoms with Gasteiger partial charge in [-0.25, -0.2) is 0 Å². The molecule has 0 bridgehead atoms. The van der Waals surface area contributed by atoms with Crippen LogP contribution in [-0.4, -0.2) is 20.7 Å². The largest absolute Gasteiger partial charge is 0.383 e. The molecule has 1 nitrogen and oxygen atoms in total. The third-order valence-electron chi connectivity index (χ3n) is 3.56. The predicted molar refractivity (Wildman–Crippen MR) is 78.6 cm³/mol. The van der Waals surface area contributed by atoms with Gasteiger partial charge in [0.25, 0.3) is 0 Å². The summed E-state index contributed by atoms with van der Waals surface area (Å²) >= 11 is 3.81. The lowest BCUT2D eigenvalue weighted by Gasteiger charge is -2.46. The molecule has 1 atom stereocenters. The van der Waals surface area contributed by atoms with E-state index in [9.17, 15) is 5.11 Å². The van der Waals surface area contributed by atoms with Gasteiger partial charge in [-0.1, -0.05) is 37.3 Å². The maximum absolute atomic E-state index is 11.1. The van der Waals surface area contributed by atoms with Crippen molar-refractivity contribution in [3.05, 3.63) is 35.9 Å². The van der Waals surface area contributed by atoms with Gasteiger partial charge < -0.3 is 5.11 Å². The fraction of sp³-hybridized carbons (Fsp3) is 0.571. The maximum Gasteiger partial charge on any atom is 0.113 e. The summed E-state index contributed by atoms with van der Waals surface area (Å²) in [7, 11) is 0. The summed E-state index contributed by atoms with van der Waals surface area (Å²) < 4.78 is -0.124. The van der Waals surface area contributed by atoms with E-state index in [1.165, 1.54) is 6.42 Å². The van der Waals surface area contributed by atoms with Crippen molar-refractivity contribution in [2.75, 3.05) is 11.5 Å². The molecule has 1 aromatic rings. The Hall–Kier alpha value is -0.120. The Morgan fingerprint density at radius 1 is 1.24 bits per heavy atom. The summed E-state index contributed by atoms with van der Waals surface area (Å²) in [6.45, 7) is 4.27. The lowest BCUT2D eigenvalue weighted by molar-refractivity contribution is 0.0242. The molecule has 1 N–H and O–H groups in total. The second-order valence-corrected chi connectivity index (χ2v) is 7.86. The van der Waals surface area contributed by atoms with Crippen LogP contribution in [0.15, 0.2) is 30.3 Å². The zero-order valence-corrected chi connectivity index (χ0v) is 12.1. The van der Waals surface area contributed by atoms with Crippen LogP contribution in [0.25, 0.3) is 0 Å². The second kappa shape index (κ2) is 5.25. The van der Waals surface area contributed by atoms with Crippen LogP contribution in [-0.2, 0) is 5.60 Å². The van der Waals surface area contributed by atoms with Gasteiger partial charge in [-0.15, -0.1) is 23.5 Å². The van der Waals surface area contributed by atoms with E-state index < -0.39 is 5.60 Å². The molecule has 1 fully saturated rings. The molecule has 1 heterocycles. The predicted octanol–water partition coefficient (Wildman–Crippen LogP) is 3.87. The lowest BCUT2D eigenvalue weighted by atomic mass is 9.88. The Balaban J connectivity index is 2.36. The summed E-state index contributed by atoms with van der Waals surface area (Å²) in [5.41, 5.74) is 0.316. The minimum atomic E-state index is -0.732. The fourth-order valence-corrected chi connectivity index (χ4v) is 5.75. The first-order chi connectivity index (χ1) is 8.12. The van der Waals surface area contributed by atoms with Gasteiger partial charge in [-0.2, -0.15) is 0 Å². The van der Waals surface area contributed by atoms with Crippen LogP contribution in [0.5, 0.6) is 0 Å².